The molecule has 0 radical (unpaired) electrons. The molecule has 1 N–H and O–H groups in total. The van der Waals surface area contributed by atoms with Gasteiger partial charge in [0.15, 0.2) is 0 Å². The van der Waals surface area contributed by atoms with Gasteiger partial charge in [0.05, 0.1) is 0 Å². The van der Waals surface area contributed by atoms with Gasteiger partial charge in [-0.1, -0.05) is 52.0 Å². The van der Waals surface area contributed by atoms with Crippen molar-refractivity contribution >= 4 is 0 Å². The molecule has 0 amide bonds. The maximum absolute atomic E-state index is 3.35. The number of likely N-dealkylation sites (N-methyl/N-ethyl adjacent to an activating group) is 1. The smallest absolute Gasteiger partial charge is 0.00724 e. The molecule has 0 aliphatic heterocycles. The summed E-state index contributed by atoms with van der Waals surface area (Å²) in [6, 6.07) is 9.21. The van der Waals surface area contributed by atoms with Crippen molar-refractivity contribution in [2.24, 2.45) is 0 Å². The van der Waals surface area contributed by atoms with E-state index in [-0.39, 0.29) is 0 Å². The van der Waals surface area contributed by atoms with E-state index in [1.54, 1.807) is 0 Å². The van der Waals surface area contributed by atoms with Crippen LogP contribution in [0.15, 0.2) is 24.3 Å². The highest BCUT2D eigenvalue weighted by molar-refractivity contribution is 5.31. The molecule has 0 fully saturated rings. The second-order valence-electron chi connectivity index (χ2n) is 5.29. The van der Waals surface area contributed by atoms with Crippen LogP contribution >= 0.6 is 0 Å². The van der Waals surface area contributed by atoms with Crippen LogP contribution in [0.2, 0.25) is 0 Å². The van der Waals surface area contributed by atoms with Crippen LogP contribution < -0.4 is 5.32 Å². The number of rotatable bonds is 6. The molecule has 1 aromatic rings. The van der Waals surface area contributed by atoms with Gasteiger partial charge in [-0.15, -0.1) is 0 Å². The van der Waals surface area contributed by atoms with Crippen molar-refractivity contribution in [2.75, 3.05) is 13.6 Å². The Morgan fingerprint density at radius 2 is 1.59 bits per heavy atom. The van der Waals surface area contributed by atoms with Crippen molar-refractivity contribution in [3.63, 3.8) is 0 Å². The van der Waals surface area contributed by atoms with Crippen molar-refractivity contribution < 1.29 is 0 Å². The predicted molar refractivity (Wildman–Crippen MR) is 76.7 cm³/mol. The third-order valence-electron chi connectivity index (χ3n) is 4.06. The molecule has 96 valence electrons. The summed E-state index contributed by atoms with van der Waals surface area (Å²) in [5.74, 6) is 0.617. The molecule has 0 unspecified atom stereocenters. The Morgan fingerprint density at radius 3 is 1.94 bits per heavy atom. The fourth-order valence-corrected chi connectivity index (χ4v) is 2.57. The Kier molecular flexibility index (Phi) is 5.20. The van der Waals surface area contributed by atoms with Crippen molar-refractivity contribution in [1.82, 2.24) is 5.32 Å². The number of hydrogen-bond acceptors (Lipinski definition) is 1. The van der Waals surface area contributed by atoms with Crippen LogP contribution in [-0.2, 0) is 5.41 Å². The molecule has 1 nitrogen and oxygen atoms in total. The second kappa shape index (κ2) is 6.20. The van der Waals surface area contributed by atoms with E-state index in [4.69, 9.17) is 0 Å². The topological polar surface area (TPSA) is 12.0 Å². The maximum Gasteiger partial charge on any atom is 0.00724 e. The van der Waals surface area contributed by atoms with Crippen LogP contribution in [0.4, 0.5) is 0 Å². The minimum Gasteiger partial charge on any atom is -0.319 e. The van der Waals surface area contributed by atoms with E-state index in [1.807, 2.05) is 7.05 Å². The average Bonchev–Trinajstić information content (AvgIpc) is 2.36. The minimum atomic E-state index is 0.296. The maximum atomic E-state index is 3.35. The molecule has 1 rings (SSSR count). The van der Waals surface area contributed by atoms with E-state index in [1.165, 1.54) is 24.0 Å². The van der Waals surface area contributed by atoms with E-state index in [0.717, 1.165) is 6.54 Å². The first-order chi connectivity index (χ1) is 8.09. The first kappa shape index (κ1) is 14.2. The average molecular weight is 233 g/mol. The fraction of sp³-hybridized carbons (Fsp3) is 0.625. The van der Waals surface area contributed by atoms with Crippen LogP contribution in [0.1, 0.15) is 57.6 Å². The van der Waals surface area contributed by atoms with E-state index in [2.05, 4.69) is 57.3 Å². The predicted octanol–water partition coefficient (Wildman–Crippen LogP) is 4.09. The summed E-state index contributed by atoms with van der Waals surface area (Å²) in [6.45, 7) is 10.1. The Balaban J connectivity index is 3.02. The molecule has 1 aromatic carbocycles. The van der Waals surface area contributed by atoms with Crippen LogP contribution in [-0.4, -0.2) is 13.6 Å². The summed E-state index contributed by atoms with van der Waals surface area (Å²) in [6.07, 6.45) is 2.37. The summed E-state index contributed by atoms with van der Waals surface area (Å²) in [5.41, 5.74) is 3.20. The minimum absolute atomic E-state index is 0.296. The zero-order valence-electron chi connectivity index (χ0n) is 12.0. The van der Waals surface area contributed by atoms with Crippen LogP contribution in [0, 0.1) is 0 Å². The summed E-state index contributed by atoms with van der Waals surface area (Å²) in [5, 5.41) is 3.35. The molecule has 0 saturated heterocycles. The molecule has 0 saturated carbocycles. The van der Waals surface area contributed by atoms with Gasteiger partial charge in [-0.2, -0.15) is 0 Å². The molecular weight excluding hydrogens is 206 g/mol. The molecule has 0 spiro atoms. The van der Waals surface area contributed by atoms with Gasteiger partial charge in [-0.05, 0) is 36.9 Å². The van der Waals surface area contributed by atoms with Gasteiger partial charge in [0, 0.05) is 12.0 Å². The van der Waals surface area contributed by atoms with Crippen molar-refractivity contribution in [3.8, 4) is 0 Å². The third-order valence-corrected chi connectivity index (χ3v) is 4.06. The number of benzene rings is 1. The molecule has 0 aliphatic carbocycles. The lowest BCUT2D eigenvalue weighted by Gasteiger charge is -2.32. The molecule has 0 atom stereocenters. The Morgan fingerprint density at radius 1 is 1.06 bits per heavy atom. The molecule has 0 aromatic heterocycles. The number of hydrogen-bond donors (Lipinski definition) is 1. The van der Waals surface area contributed by atoms with Gasteiger partial charge in [0.1, 0.15) is 0 Å². The second-order valence-corrected chi connectivity index (χ2v) is 5.29. The van der Waals surface area contributed by atoms with Crippen LogP contribution in [0.25, 0.3) is 0 Å². The Hall–Kier alpha value is -0.820. The van der Waals surface area contributed by atoms with E-state index >= 15 is 0 Å². The summed E-state index contributed by atoms with van der Waals surface area (Å²) >= 11 is 0. The van der Waals surface area contributed by atoms with E-state index < -0.39 is 0 Å². The van der Waals surface area contributed by atoms with E-state index in [0.29, 0.717) is 11.3 Å². The molecular formula is C16H27N. The Labute approximate surface area is 107 Å². The summed E-state index contributed by atoms with van der Waals surface area (Å²) in [7, 11) is 2.04. The lowest BCUT2D eigenvalue weighted by atomic mass is 9.75. The Bertz CT molecular complexity index is 320. The highest BCUT2D eigenvalue weighted by Gasteiger charge is 2.27. The van der Waals surface area contributed by atoms with Crippen molar-refractivity contribution in [2.45, 2.75) is 51.9 Å². The SMILES string of the molecule is CCC(CC)(CNC)c1ccc(C(C)C)cc1. The van der Waals surface area contributed by atoms with Gasteiger partial charge in [-0.3, -0.25) is 0 Å². The zero-order chi connectivity index (χ0) is 12.9. The lowest BCUT2D eigenvalue weighted by molar-refractivity contribution is 0.380. The van der Waals surface area contributed by atoms with Gasteiger partial charge in [-0.25, -0.2) is 0 Å². The van der Waals surface area contributed by atoms with E-state index in [9.17, 15) is 0 Å². The van der Waals surface area contributed by atoms with Crippen molar-refractivity contribution in [1.29, 1.82) is 0 Å². The third kappa shape index (κ3) is 3.10. The highest BCUT2D eigenvalue weighted by atomic mass is 14.8. The molecule has 0 heterocycles. The largest absolute Gasteiger partial charge is 0.319 e. The van der Waals surface area contributed by atoms with Gasteiger partial charge < -0.3 is 5.32 Å². The first-order valence-electron chi connectivity index (χ1n) is 6.84. The van der Waals surface area contributed by atoms with Crippen LogP contribution in [0.5, 0.6) is 0 Å². The first-order valence-corrected chi connectivity index (χ1v) is 6.84. The molecule has 17 heavy (non-hydrogen) atoms. The molecule has 0 aliphatic rings. The van der Waals surface area contributed by atoms with Gasteiger partial charge in [0.25, 0.3) is 0 Å². The quantitative estimate of drug-likeness (QED) is 0.780. The summed E-state index contributed by atoms with van der Waals surface area (Å²) in [4.78, 5) is 0. The molecule has 0 bridgehead atoms. The van der Waals surface area contributed by atoms with Gasteiger partial charge in [0.2, 0.25) is 0 Å². The number of nitrogens with one attached hydrogen (secondary N) is 1. The van der Waals surface area contributed by atoms with Crippen LogP contribution in [0.3, 0.4) is 0 Å². The van der Waals surface area contributed by atoms with Crippen molar-refractivity contribution in [3.05, 3.63) is 35.4 Å². The fourth-order valence-electron chi connectivity index (χ4n) is 2.57. The monoisotopic (exact) mass is 233 g/mol. The lowest BCUT2D eigenvalue weighted by Crippen LogP contribution is -2.35. The zero-order valence-corrected chi connectivity index (χ0v) is 12.0. The van der Waals surface area contributed by atoms with Gasteiger partial charge >= 0.3 is 0 Å². The molecule has 1 heteroatoms. The standard InChI is InChI=1S/C16H27N/c1-6-16(7-2,12-17-5)15-10-8-14(9-11-15)13(3)4/h8-11,13,17H,6-7,12H2,1-5H3. The highest BCUT2D eigenvalue weighted by Crippen LogP contribution is 2.31. The normalized spacial score (nSPS) is 12.1. The summed E-state index contributed by atoms with van der Waals surface area (Å²) < 4.78 is 0.